The molecule has 0 saturated carbocycles. The molecule has 21 heavy (non-hydrogen) atoms. The van der Waals surface area contributed by atoms with E-state index in [2.05, 4.69) is 5.32 Å². The van der Waals surface area contributed by atoms with Crippen LogP contribution >= 0.6 is 0 Å². The molecule has 8 nitrogen and oxygen atoms in total. The van der Waals surface area contributed by atoms with E-state index in [9.17, 15) is 23.4 Å². The van der Waals surface area contributed by atoms with Crippen LogP contribution in [0.15, 0.2) is 0 Å². The average molecular weight is 324 g/mol. The maximum atomic E-state index is 12.3. The van der Waals surface area contributed by atoms with Crippen LogP contribution in [0.4, 0.5) is 0 Å². The summed E-state index contributed by atoms with van der Waals surface area (Å²) < 4.78 is 27.4. The lowest BCUT2D eigenvalue weighted by Crippen LogP contribution is -2.50. The minimum Gasteiger partial charge on any atom is -0.366 e. The SMILES string of the molecule is CC(O)(O)CCCC(OS(C)(=O)=O)C(=O)N1CCNCC1. The number of rotatable bonds is 7. The lowest BCUT2D eigenvalue weighted by Gasteiger charge is -2.30. The number of aliphatic hydroxyl groups is 2. The molecule has 0 radical (unpaired) electrons. The van der Waals surface area contributed by atoms with E-state index < -0.39 is 22.0 Å². The van der Waals surface area contributed by atoms with E-state index in [1.807, 2.05) is 0 Å². The molecular formula is C12H24N2O6S. The lowest BCUT2D eigenvalue weighted by atomic mass is 10.1. The van der Waals surface area contributed by atoms with Gasteiger partial charge in [-0.05, 0) is 19.8 Å². The Hall–Kier alpha value is -0.740. The van der Waals surface area contributed by atoms with Crippen LogP contribution in [0, 0.1) is 0 Å². The zero-order valence-corrected chi connectivity index (χ0v) is 13.2. The molecule has 0 bridgehead atoms. The van der Waals surface area contributed by atoms with Crippen molar-refractivity contribution in [1.29, 1.82) is 0 Å². The molecule has 124 valence electrons. The van der Waals surface area contributed by atoms with E-state index in [0.29, 0.717) is 26.2 Å². The van der Waals surface area contributed by atoms with Crippen LogP contribution in [0.3, 0.4) is 0 Å². The molecule has 1 heterocycles. The van der Waals surface area contributed by atoms with Gasteiger partial charge in [-0.3, -0.25) is 8.98 Å². The number of carbonyl (C=O) groups excluding carboxylic acids is 1. The second-order valence-electron chi connectivity index (χ2n) is 5.47. The monoisotopic (exact) mass is 324 g/mol. The van der Waals surface area contributed by atoms with Crippen molar-refractivity contribution in [1.82, 2.24) is 10.2 Å². The fourth-order valence-corrected chi connectivity index (χ4v) is 2.74. The van der Waals surface area contributed by atoms with Gasteiger partial charge < -0.3 is 20.4 Å². The van der Waals surface area contributed by atoms with Crippen LogP contribution in [0.5, 0.6) is 0 Å². The number of piperazine rings is 1. The van der Waals surface area contributed by atoms with Gasteiger partial charge in [-0.15, -0.1) is 0 Å². The Morgan fingerprint density at radius 1 is 1.38 bits per heavy atom. The smallest absolute Gasteiger partial charge is 0.265 e. The quantitative estimate of drug-likeness (QED) is 0.391. The molecule has 1 amide bonds. The van der Waals surface area contributed by atoms with Crippen LogP contribution in [0.2, 0.25) is 0 Å². The summed E-state index contributed by atoms with van der Waals surface area (Å²) in [7, 11) is -3.76. The third kappa shape index (κ3) is 7.72. The molecule has 0 aromatic carbocycles. The van der Waals surface area contributed by atoms with Crippen molar-refractivity contribution in [3.63, 3.8) is 0 Å². The molecule has 9 heteroatoms. The number of nitrogens with zero attached hydrogens (tertiary/aromatic N) is 1. The standard InChI is InChI=1S/C12H24N2O6S/c1-12(16,17)5-3-4-10(20-21(2,18)19)11(15)14-8-6-13-7-9-14/h10,13,16-17H,3-9H2,1-2H3. The van der Waals surface area contributed by atoms with Gasteiger partial charge >= 0.3 is 0 Å². The van der Waals surface area contributed by atoms with Gasteiger partial charge in [0.25, 0.3) is 16.0 Å². The highest BCUT2D eigenvalue weighted by molar-refractivity contribution is 7.86. The van der Waals surface area contributed by atoms with Crippen LogP contribution in [-0.2, 0) is 19.1 Å². The van der Waals surface area contributed by atoms with Crippen LogP contribution in [0.25, 0.3) is 0 Å². The molecule has 1 aliphatic heterocycles. The minimum atomic E-state index is -3.76. The van der Waals surface area contributed by atoms with Gasteiger partial charge in [0.2, 0.25) is 0 Å². The molecule has 1 rings (SSSR count). The zero-order valence-electron chi connectivity index (χ0n) is 12.4. The van der Waals surface area contributed by atoms with Crippen LogP contribution in [-0.4, -0.2) is 73.8 Å². The zero-order chi connectivity index (χ0) is 16.1. The molecule has 3 N–H and O–H groups in total. The van der Waals surface area contributed by atoms with Gasteiger partial charge in [-0.25, -0.2) is 0 Å². The fraction of sp³-hybridized carbons (Fsp3) is 0.917. The summed E-state index contributed by atoms with van der Waals surface area (Å²) in [6, 6.07) is 0. The van der Waals surface area contributed by atoms with Crippen molar-refractivity contribution in [3.05, 3.63) is 0 Å². The highest BCUT2D eigenvalue weighted by Crippen LogP contribution is 2.16. The molecule has 0 spiro atoms. The maximum Gasteiger partial charge on any atom is 0.265 e. The van der Waals surface area contributed by atoms with E-state index in [-0.39, 0.29) is 25.2 Å². The fourth-order valence-electron chi connectivity index (χ4n) is 2.13. The molecule has 1 aliphatic rings. The second-order valence-corrected chi connectivity index (χ2v) is 7.07. The van der Waals surface area contributed by atoms with Crippen molar-refractivity contribution in [2.75, 3.05) is 32.4 Å². The number of nitrogens with one attached hydrogen (secondary N) is 1. The summed E-state index contributed by atoms with van der Waals surface area (Å²) in [6.45, 7) is 3.54. The minimum absolute atomic E-state index is 0.0332. The molecule has 1 fully saturated rings. The van der Waals surface area contributed by atoms with Crippen molar-refractivity contribution in [2.45, 2.75) is 38.1 Å². The van der Waals surface area contributed by atoms with Crippen molar-refractivity contribution in [3.8, 4) is 0 Å². The predicted molar refractivity (Wildman–Crippen MR) is 75.9 cm³/mol. The molecule has 0 aromatic heterocycles. The summed E-state index contributed by atoms with van der Waals surface area (Å²) in [5.41, 5.74) is 0. The number of hydrogen-bond acceptors (Lipinski definition) is 7. The lowest BCUT2D eigenvalue weighted by molar-refractivity contribution is -0.152. The second kappa shape index (κ2) is 7.50. The largest absolute Gasteiger partial charge is 0.366 e. The predicted octanol–water partition coefficient (Wildman–Crippen LogP) is -1.37. The number of hydrogen-bond donors (Lipinski definition) is 3. The van der Waals surface area contributed by atoms with E-state index >= 15 is 0 Å². The first-order valence-corrected chi connectivity index (χ1v) is 8.73. The van der Waals surface area contributed by atoms with Crippen molar-refractivity contribution < 1.29 is 27.6 Å². The maximum absolute atomic E-state index is 12.3. The third-order valence-corrected chi connectivity index (χ3v) is 3.69. The van der Waals surface area contributed by atoms with E-state index in [1.165, 1.54) is 6.92 Å². The normalized spacial score (nSPS) is 18.6. The van der Waals surface area contributed by atoms with Gasteiger partial charge in [0.1, 0.15) is 0 Å². The summed E-state index contributed by atoms with van der Waals surface area (Å²) in [5, 5.41) is 21.6. The molecular weight excluding hydrogens is 300 g/mol. The first-order chi connectivity index (χ1) is 9.58. The first kappa shape index (κ1) is 18.3. The molecule has 1 saturated heterocycles. The van der Waals surface area contributed by atoms with Gasteiger partial charge in [0, 0.05) is 32.6 Å². The Labute approximate surface area is 125 Å². The summed E-state index contributed by atoms with van der Waals surface area (Å²) >= 11 is 0. The van der Waals surface area contributed by atoms with Gasteiger partial charge in [0.05, 0.1) is 6.26 Å². The highest BCUT2D eigenvalue weighted by atomic mass is 32.2. The Kier molecular flexibility index (Phi) is 6.54. The Morgan fingerprint density at radius 2 is 1.95 bits per heavy atom. The molecule has 0 aliphatic carbocycles. The van der Waals surface area contributed by atoms with Crippen LogP contribution in [0.1, 0.15) is 26.2 Å². The Balaban J connectivity index is 2.64. The first-order valence-electron chi connectivity index (χ1n) is 6.91. The molecule has 0 aromatic rings. The highest BCUT2D eigenvalue weighted by Gasteiger charge is 2.29. The summed E-state index contributed by atoms with van der Waals surface area (Å²) in [6.07, 6.45) is 0.202. The molecule has 1 atom stereocenters. The van der Waals surface area contributed by atoms with Gasteiger partial charge in [0.15, 0.2) is 11.9 Å². The van der Waals surface area contributed by atoms with Crippen molar-refractivity contribution >= 4 is 16.0 Å². The van der Waals surface area contributed by atoms with Crippen molar-refractivity contribution in [2.24, 2.45) is 0 Å². The van der Waals surface area contributed by atoms with Crippen LogP contribution < -0.4 is 5.32 Å². The van der Waals surface area contributed by atoms with Gasteiger partial charge in [-0.2, -0.15) is 8.42 Å². The van der Waals surface area contributed by atoms with E-state index in [4.69, 9.17) is 4.18 Å². The van der Waals surface area contributed by atoms with Gasteiger partial charge in [-0.1, -0.05) is 0 Å². The number of amides is 1. The Bertz CT molecular complexity index is 439. The molecule has 1 unspecified atom stereocenters. The average Bonchev–Trinajstić information content (AvgIpc) is 2.35. The Morgan fingerprint density at radius 3 is 2.43 bits per heavy atom. The summed E-state index contributed by atoms with van der Waals surface area (Å²) in [5.74, 6) is -2.22. The van der Waals surface area contributed by atoms with E-state index in [0.717, 1.165) is 6.26 Å². The van der Waals surface area contributed by atoms with E-state index in [1.54, 1.807) is 4.90 Å². The number of carbonyl (C=O) groups is 1. The topological polar surface area (TPSA) is 116 Å². The third-order valence-electron chi connectivity index (χ3n) is 3.11. The summed E-state index contributed by atoms with van der Waals surface area (Å²) in [4.78, 5) is 13.9.